The number of hydrogen-bond acceptors (Lipinski definition) is 5. The zero-order chi connectivity index (χ0) is 24.1. The van der Waals surface area contributed by atoms with Gasteiger partial charge < -0.3 is 15.7 Å². The maximum Gasteiger partial charge on any atom is 0.326 e. The molecule has 0 saturated heterocycles. The van der Waals surface area contributed by atoms with Crippen LogP contribution in [0.1, 0.15) is 61.4 Å². The van der Waals surface area contributed by atoms with E-state index in [1.165, 1.54) is 12.4 Å². The summed E-state index contributed by atoms with van der Waals surface area (Å²) in [4.78, 5) is 40.6. The van der Waals surface area contributed by atoms with Crippen LogP contribution in [0.25, 0.3) is 0 Å². The number of nitrogens with zero attached hydrogens (tertiary/aromatic N) is 1. The van der Waals surface area contributed by atoms with Gasteiger partial charge in [0.2, 0.25) is 0 Å². The van der Waals surface area contributed by atoms with Crippen LogP contribution in [0.15, 0.2) is 47.9 Å². The first kappa shape index (κ1) is 24.7. The minimum Gasteiger partial charge on any atom is -0.480 e. The maximum atomic E-state index is 12.6. The molecule has 0 bridgehead atoms. The van der Waals surface area contributed by atoms with Crippen LogP contribution < -0.4 is 10.6 Å². The van der Waals surface area contributed by atoms with E-state index in [-0.39, 0.29) is 27.3 Å². The fraction of sp³-hybridized carbons (Fsp3) is 0.333. The van der Waals surface area contributed by atoms with Gasteiger partial charge in [0.05, 0.1) is 15.6 Å². The molecule has 0 saturated carbocycles. The molecule has 3 rings (SSSR count). The number of amides is 1. The second kappa shape index (κ2) is 10.8. The Kier molecular flexibility index (Phi) is 8.10. The maximum absolute atomic E-state index is 12.6. The predicted molar refractivity (Wildman–Crippen MR) is 128 cm³/mol. The van der Waals surface area contributed by atoms with E-state index in [1.807, 2.05) is 13.8 Å². The molecule has 1 heterocycles. The van der Waals surface area contributed by atoms with E-state index < -0.39 is 17.9 Å². The van der Waals surface area contributed by atoms with Crippen molar-refractivity contribution in [3.63, 3.8) is 0 Å². The number of halogens is 2. The van der Waals surface area contributed by atoms with Crippen molar-refractivity contribution in [3.05, 3.63) is 69.1 Å². The molecular formula is C24H25Cl2N3O4. The van der Waals surface area contributed by atoms with E-state index in [2.05, 4.69) is 15.6 Å². The molecule has 2 atom stereocenters. The summed E-state index contributed by atoms with van der Waals surface area (Å²) in [5, 5.41) is 16.1. The van der Waals surface area contributed by atoms with Crippen LogP contribution in [0.3, 0.4) is 0 Å². The van der Waals surface area contributed by atoms with Crippen LogP contribution in [-0.2, 0) is 9.59 Å². The molecule has 1 aliphatic carbocycles. The van der Waals surface area contributed by atoms with Crippen molar-refractivity contribution in [3.8, 4) is 0 Å². The number of benzene rings is 1. The largest absolute Gasteiger partial charge is 0.480 e. The molecule has 0 fully saturated rings. The lowest BCUT2D eigenvalue weighted by atomic mass is 9.88. The molecule has 2 aromatic rings. The van der Waals surface area contributed by atoms with Gasteiger partial charge in [-0.3, -0.25) is 14.6 Å². The topological polar surface area (TPSA) is 108 Å². The van der Waals surface area contributed by atoms with Gasteiger partial charge in [-0.25, -0.2) is 4.79 Å². The van der Waals surface area contributed by atoms with Crippen LogP contribution >= 0.6 is 23.2 Å². The molecular weight excluding hydrogens is 465 g/mol. The van der Waals surface area contributed by atoms with Crippen molar-refractivity contribution in [2.45, 2.75) is 51.5 Å². The number of nitrogens with one attached hydrogen (secondary N) is 2. The summed E-state index contributed by atoms with van der Waals surface area (Å²) in [6.07, 6.45) is 4.77. The van der Waals surface area contributed by atoms with Gasteiger partial charge in [-0.05, 0) is 37.0 Å². The van der Waals surface area contributed by atoms with Gasteiger partial charge in [0.1, 0.15) is 6.04 Å². The molecule has 1 amide bonds. The Morgan fingerprint density at radius 1 is 1.09 bits per heavy atom. The summed E-state index contributed by atoms with van der Waals surface area (Å²) in [7, 11) is 0. The number of aromatic nitrogens is 1. The minimum atomic E-state index is -0.983. The van der Waals surface area contributed by atoms with Gasteiger partial charge in [-0.2, -0.15) is 0 Å². The Morgan fingerprint density at radius 2 is 1.73 bits per heavy atom. The van der Waals surface area contributed by atoms with E-state index in [0.717, 1.165) is 11.3 Å². The van der Waals surface area contributed by atoms with Gasteiger partial charge in [-0.1, -0.05) is 49.2 Å². The minimum absolute atomic E-state index is 0.0756. The summed E-state index contributed by atoms with van der Waals surface area (Å²) in [5.41, 5.74) is 2.86. The van der Waals surface area contributed by atoms with Crippen LogP contribution in [0, 0.1) is 0 Å². The number of anilines is 1. The van der Waals surface area contributed by atoms with Gasteiger partial charge >= 0.3 is 5.97 Å². The number of ketones is 1. The summed E-state index contributed by atoms with van der Waals surface area (Å²) in [6, 6.07) is 6.09. The number of allylic oxidation sites excluding steroid dienone is 2. The SMILES string of the molecule is CCC1=C(N[C@H](C(=O)O)C(CC)c2ccc(NC(=O)c3c(Cl)cncc3Cl)cc2)CCC1=O. The highest BCUT2D eigenvalue weighted by Gasteiger charge is 2.32. The molecule has 33 heavy (non-hydrogen) atoms. The molecule has 174 valence electrons. The van der Waals surface area contributed by atoms with Gasteiger partial charge in [0.15, 0.2) is 5.78 Å². The number of rotatable bonds is 9. The monoisotopic (exact) mass is 489 g/mol. The average molecular weight is 490 g/mol. The third-order valence-electron chi connectivity index (χ3n) is 5.77. The lowest BCUT2D eigenvalue weighted by Crippen LogP contribution is -2.41. The molecule has 3 N–H and O–H groups in total. The zero-order valence-corrected chi connectivity index (χ0v) is 19.8. The number of carboxylic acids is 1. The van der Waals surface area contributed by atoms with Crippen molar-refractivity contribution in [1.29, 1.82) is 0 Å². The highest BCUT2D eigenvalue weighted by atomic mass is 35.5. The number of hydrogen-bond donors (Lipinski definition) is 3. The highest BCUT2D eigenvalue weighted by Crippen LogP contribution is 2.30. The van der Waals surface area contributed by atoms with Crippen molar-refractivity contribution in [1.82, 2.24) is 10.3 Å². The predicted octanol–water partition coefficient (Wildman–Crippen LogP) is 5.20. The third kappa shape index (κ3) is 5.54. The van der Waals surface area contributed by atoms with Crippen molar-refractivity contribution in [2.75, 3.05) is 5.32 Å². The first-order valence-corrected chi connectivity index (χ1v) is 11.5. The van der Waals surface area contributed by atoms with Gasteiger partial charge in [0, 0.05) is 41.7 Å². The standard InChI is InChI=1S/C24H25Cl2N3O4/c1-3-15(22(24(32)33)29-19-9-10-20(30)16(19)4-2)13-5-7-14(8-6-13)28-23(31)21-17(25)11-27-12-18(21)26/h5-8,11-12,15,22,29H,3-4,9-10H2,1-2H3,(H,28,31)(H,32,33)/t15?,22-/m0/s1. The van der Waals surface area contributed by atoms with E-state index in [0.29, 0.717) is 36.9 Å². The van der Waals surface area contributed by atoms with E-state index >= 15 is 0 Å². The average Bonchev–Trinajstić information content (AvgIpc) is 3.13. The van der Waals surface area contributed by atoms with Crippen molar-refractivity contribution < 1.29 is 19.5 Å². The lowest BCUT2D eigenvalue weighted by molar-refractivity contribution is -0.140. The number of carboxylic acid groups (broad SMARTS) is 1. The third-order valence-corrected chi connectivity index (χ3v) is 6.34. The Bertz CT molecular complexity index is 1080. The number of carbonyl (C=O) groups is 3. The molecule has 9 heteroatoms. The molecule has 0 aliphatic heterocycles. The Labute approximate surface area is 202 Å². The summed E-state index contributed by atoms with van der Waals surface area (Å²) >= 11 is 12.1. The van der Waals surface area contributed by atoms with Crippen LogP contribution in [-0.4, -0.2) is 33.8 Å². The fourth-order valence-electron chi connectivity index (χ4n) is 4.10. The van der Waals surface area contributed by atoms with Gasteiger partial charge in [-0.15, -0.1) is 0 Å². The molecule has 1 aromatic heterocycles. The second-order valence-corrected chi connectivity index (χ2v) is 8.58. The first-order valence-electron chi connectivity index (χ1n) is 10.7. The van der Waals surface area contributed by atoms with Crippen molar-refractivity contribution in [2.24, 2.45) is 0 Å². The summed E-state index contributed by atoms with van der Waals surface area (Å²) in [5.74, 6) is -1.71. The van der Waals surface area contributed by atoms with Gasteiger partial charge in [0.25, 0.3) is 5.91 Å². The highest BCUT2D eigenvalue weighted by molar-refractivity contribution is 6.40. The fourth-order valence-corrected chi connectivity index (χ4v) is 4.64. The van der Waals surface area contributed by atoms with Crippen LogP contribution in [0.5, 0.6) is 0 Å². The van der Waals surface area contributed by atoms with E-state index in [4.69, 9.17) is 23.2 Å². The van der Waals surface area contributed by atoms with Crippen molar-refractivity contribution >= 4 is 46.5 Å². The Morgan fingerprint density at radius 3 is 2.27 bits per heavy atom. The number of aliphatic carboxylic acids is 1. The zero-order valence-electron chi connectivity index (χ0n) is 18.3. The quantitative estimate of drug-likeness (QED) is 0.446. The van der Waals surface area contributed by atoms with Crippen LogP contribution in [0.2, 0.25) is 10.0 Å². The molecule has 1 aromatic carbocycles. The second-order valence-electron chi connectivity index (χ2n) is 7.76. The summed E-state index contributed by atoms with van der Waals surface area (Å²) in [6.45, 7) is 3.81. The van der Waals surface area contributed by atoms with E-state index in [9.17, 15) is 19.5 Å². The first-order chi connectivity index (χ1) is 15.8. The smallest absolute Gasteiger partial charge is 0.326 e. The number of pyridine rings is 1. The Hall–Kier alpha value is -2.90. The number of carbonyl (C=O) groups excluding carboxylic acids is 2. The molecule has 0 radical (unpaired) electrons. The summed E-state index contributed by atoms with van der Waals surface area (Å²) < 4.78 is 0. The molecule has 1 unspecified atom stereocenters. The lowest BCUT2D eigenvalue weighted by Gasteiger charge is -2.26. The Balaban J connectivity index is 1.79. The number of Topliss-reactive ketones (excluding diaryl/α,β-unsaturated/α-hetero) is 1. The van der Waals surface area contributed by atoms with E-state index in [1.54, 1.807) is 24.3 Å². The molecule has 0 spiro atoms. The molecule has 7 nitrogen and oxygen atoms in total. The van der Waals surface area contributed by atoms with Crippen LogP contribution in [0.4, 0.5) is 5.69 Å². The normalized spacial score (nSPS) is 15.3. The molecule has 1 aliphatic rings.